The van der Waals surface area contributed by atoms with Gasteiger partial charge in [0.05, 0.1) is 5.60 Å². The SMILES string of the molecule is OC1(c2ccc(Cl)cc2)CCN(CCCCc2cccc(OC(F)(F)F)c2)CC1. The maximum atomic E-state index is 12.3. The first-order valence-corrected chi connectivity index (χ1v) is 10.2. The Labute approximate surface area is 174 Å². The highest BCUT2D eigenvalue weighted by atomic mass is 35.5. The summed E-state index contributed by atoms with van der Waals surface area (Å²) in [6.45, 7) is 2.54. The van der Waals surface area contributed by atoms with Crippen LogP contribution in [0.4, 0.5) is 13.2 Å². The molecule has 1 heterocycles. The highest BCUT2D eigenvalue weighted by Gasteiger charge is 2.33. The predicted octanol–water partition coefficient (Wildman–Crippen LogP) is 5.54. The van der Waals surface area contributed by atoms with Crippen LogP contribution >= 0.6 is 11.6 Å². The molecule has 1 aliphatic heterocycles. The van der Waals surface area contributed by atoms with E-state index in [9.17, 15) is 18.3 Å². The van der Waals surface area contributed by atoms with Gasteiger partial charge in [-0.3, -0.25) is 0 Å². The van der Waals surface area contributed by atoms with Gasteiger partial charge in [0.2, 0.25) is 0 Å². The second-order valence-corrected chi connectivity index (χ2v) is 7.97. The summed E-state index contributed by atoms with van der Waals surface area (Å²) in [7, 11) is 0. The molecule has 0 amide bonds. The Morgan fingerprint density at radius 2 is 1.72 bits per heavy atom. The molecule has 1 aliphatic rings. The van der Waals surface area contributed by atoms with Crippen molar-refractivity contribution in [1.29, 1.82) is 0 Å². The molecular formula is C22H25ClF3NO2. The molecule has 2 aromatic rings. The maximum absolute atomic E-state index is 12.3. The largest absolute Gasteiger partial charge is 0.573 e. The molecule has 158 valence electrons. The van der Waals surface area contributed by atoms with Gasteiger partial charge in [0.15, 0.2) is 0 Å². The number of piperidine rings is 1. The van der Waals surface area contributed by atoms with Crippen LogP contribution < -0.4 is 4.74 Å². The van der Waals surface area contributed by atoms with Crippen LogP contribution in [0.15, 0.2) is 48.5 Å². The fourth-order valence-corrected chi connectivity index (χ4v) is 3.88. The monoisotopic (exact) mass is 427 g/mol. The van der Waals surface area contributed by atoms with Crippen molar-refractivity contribution in [1.82, 2.24) is 4.90 Å². The van der Waals surface area contributed by atoms with Crippen molar-refractivity contribution in [2.75, 3.05) is 19.6 Å². The predicted molar refractivity (Wildman–Crippen MR) is 107 cm³/mol. The third-order valence-corrected chi connectivity index (χ3v) is 5.64. The summed E-state index contributed by atoms with van der Waals surface area (Å²) in [5.41, 5.74) is 0.935. The first-order chi connectivity index (χ1) is 13.7. The lowest BCUT2D eigenvalue weighted by atomic mass is 9.84. The highest BCUT2D eigenvalue weighted by molar-refractivity contribution is 6.30. The van der Waals surface area contributed by atoms with E-state index >= 15 is 0 Å². The Kier molecular flexibility index (Phi) is 7.09. The van der Waals surface area contributed by atoms with Gasteiger partial charge < -0.3 is 14.7 Å². The fraction of sp³-hybridized carbons (Fsp3) is 0.455. The van der Waals surface area contributed by atoms with Gasteiger partial charge in [-0.05, 0) is 74.0 Å². The van der Waals surface area contributed by atoms with E-state index in [0.29, 0.717) is 24.3 Å². The maximum Gasteiger partial charge on any atom is 0.573 e. The quantitative estimate of drug-likeness (QED) is 0.588. The number of hydrogen-bond acceptors (Lipinski definition) is 3. The van der Waals surface area contributed by atoms with Gasteiger partial charge in [-0.15, -0.1) is 13.2 Å². The molecule has 0 atom stereocenters. The Morgan fingerprint density at radius 1 is 1.03 bits per heavy atom. The van der Waals surface area contributed by atoms with Gasteiger partial charge in [-0.25, -0.2) is 0 Å². The lowest BCUT2D eigenvalue weighted by Gasteiger charge is -2.38. The summed E-state index contributed by atoms with van der Waals surface area (Å²) in [4.78, 5) is 2.33. The molecule has 0 unspecified atom stereocenters. The fourth-order valence-electron chi connectivity index (χ4n) is 3.76. The Bertz CT molecular complexity index is 787. The van der Waals surface area contributed by atoms with Gasteiger partial charge in [0.1, 0.15) is 5.75 Å². The number of rotatable bonds is 7. The molecule has 29 heavy (non-hydrogen) atoms. The van der Waals surface area contributed by atoms with E-state index in [1.165, 1.54) is 12.1 Å². The van der Waals surface area contributed by atoms with Gasteiger partial charge in [0.25, 0.3) is 0 Å². The van der Waals surface area contributed by atoms with Gasteiger partial charge in [-0.2, -0.15) is 0 Å². The van der Waals surface area contributed by atoms with Crippen LogP contribution in [-0.4, -0.2) is 36.0 Å². The highest BCUT2D eigenvalue weighted by Crippen LogP contribution is 2.33. The Balaban J connectivity index is 1.40. The summed E-state index contributed by atoms with van der Waals surface area (Å²) < 4.78 is 40.9. The van der Waals surface area contributed by atoms with Crippen LogP contribution in [-0.2, 0) is 12.0 Å². The van der Waals surface area contributed by atoms with Gasteiger partial charge >= 0.3 is 6.36 Å². The van der Waals surface area contributed by atoms with Crippen LogP contribution in [0.2, 0.25) is 5.02 Å². The zero-order valence-electron chi connectivity index (χ0n) is 16.1. The topological polar surface area (TPSA) is 32.7 Å². The molecule has 3 rings (SSSR count). The van der Waals surface area contributed by atoms with Crippen molar-refractivity contribution in [3.63, 3.8) is 0 Å². The molecular weight excluding hydrogens is 403 g/mol. The smallest absolute Gasteiger partial charge is 0.406 e. The summed E-state index contributed by atoms with van der Waals surface area (Å²) in [5, 5.41) is 11.6. The normalized spacial score (nSPS) is 17.3. The van der Waals surface area contributed by atoms with Crippen molar-refractivity contribution < 1.29 is 23.0 Å². The number of hydrogen-bond donors (Lipinski definition) is 1. The summed E-state index contributed by atoms with van der Waals surface area (Å²) in [5.74, 6) is -0.174. The molecule has 3 nitrogen and oxygen atoms in total. The van der Waals surface area contributed by atoms with Crippen molar-refractivity contribution in [3.8, 4) is 5.75 Å². The molecule has 0 spiro atoms. The minimum absolute atomic E-state index is 0.174. The molecule has 0 aliphatic carbocycles. The first kappa shape index (κ1) is 21.9. The number of halogens is 4. The zero-order valence-corrected chi connectivity index (χ0v) is 16.8. The lowest BCUT2D eigenvalue weighted by molar-refractivity contribution is -0.274. The van der Waals surface area contributed by atoms with Gasteiger partial charge in [0, 0.05) is 18.1 Å². The summed E-state index contributed by atoms with van der Waals surface area (Å²) >= 11 is 5.92. The van der Waals surface area contributed by atoms with Crippen LogP contribution in [0.25, 0.3) is 0 Å². The number of nitrogens with zero attached hydrogens (tertiary/aromatic N) is 1. The number of aryl methyl sites for hydroxylation is 1. The molecule has 0 bridgehead atoms. The van der Waals surface area contributed by atoms with Crippen LogP contribution in [0, 0.1) is 0 Å². The molecule has 1 saturated heterocycles. The molecule has 0 saturated carbocycles. The molecule has 1 fully saturated rings. The average Bonchev–Trinajstić information content (AvgIpc) is 2.66. The second kappa shape index (κ2) is 9.37. The minimum Gasteiger partial charge on any atom is -0.406 e. The molecule has 0 aromatic heterocycles. The molecule has 1 N–H and O–H groups in total. The van der Waals surface area contributed by atoms with Crippen molar-refractivity contribution in [2.45, 2.75) is 44.1 Å². The first-order valence-electron chi connectivity index (χ1n) is 9.79. The number of unbranched alkanes of at least 4 members (excludes halogenated alkanes) is 1. The van der Waals surface area contributed by atoms with E-state index < -0.39 is 12.0 Å². The number of likely N-dealkylation sites (tertiary alicyclic amines) is 1. The summed E-state index contributed by atoms with van der Waals surface area (Å²) in [6.07, 6.45) is -0.785. The van der Waals surface area contributed by atoms with E-state index in [1.807, 2.05) is 18.2 Å². The number of aliphatic hydroxyl groups is 1. The van der Waals surface area contributed by atoms with Crippen molar-refractivity contribution in [3.05, 3.63) is 64.7 Å². The van der Waals surface area contributed by atoms with E-state index in [1.54, 1.807) is 18.2 Å². The Morgan fingerprint density at radius 3 is 2.38 bits per heavy atom. The average molecular weight is 428 g/mol. The van der Waals surface area contributed by atoms with E-state index in [-0.39, 0.29) is 5.75 Å². The molecule has 0 radical (unpaired) electrons. The van der Waals surface area contributed by atoms with Crippen LogP contribution in [0.1, 0.15) is 36.8 Å². The van der Waals surface area contributed by atoms with Crippen LogP contribution in [0.5, 0.6) is 5.75 Å². The number of alkyl halides is 3. The molecule has 7 heteroatoms. The van der Waals surface area contributed by atoms with Crippen LogP contribution in [0.3, 0.4) is 0 Å². The Hall–Kier alpha value is -1.76. The van der Waals surface area contributed by atoms with E-state index in [0.717, 1.165) is 43.6 Å². The third-order valence-electron chi connectivity index (χ3n) is 5.39. The lowest BCUT2D eigenvalue weighted by Crippen LogP contribution is -2.42. The van der Waals surface area contributed by atoms with E-state index in [2.05, 4.69) is 9.64 Å². The summed E-state index contributed by atoms with van der Waals surface area (Å²) in [6, 6.07) is 13.5. The standard InChI is InChI=1S/C22H25ClF3NO2/c23-19-9-7-18(8-10-19)21(28)11-14-27(15-12-21)13-2-1-4-17-5-3-6-20(16-17)29-22(24,25)26/h3,5-10,16,28H,1-2,4,11-15H2. The number of benzene rings is 2. The second-order valence-electron chi connectivity index (χ2n) is 7.53. The van der Waals surface area contributed by atoms with Crippen molar-refractivity contribution >= 4 is 11.6 Å². The van der Waals surface area contributed by atoms with Crippen molar-refractivity contribution in [2.24, 2.45) is 0 Å². The number of ether oxygens (including phenoxy) is 1. The minimum atomic E-state index is -4.67. The van der Waals surface area contributed by atoms with Gasteiger partial charge in [-0.1, -0.05) is 35.9 Å². The third kappa shape index (κ3) is 6.63. The zero-order chi connectivity index (χ0) is 20.9. The molecule has 2 aromatic carbocycles. The van der Waals surface area contributed by atoms with E-state index in [4.69, 9.17) is 11.6 Å².